The number of anilines is 1. The van der Waals surface area contributed by atoms with Crippen molar-refractivity contribution in [2.24, 2.45) is 5.73 Å². The lowest BCUT2D eigenvalue weighted by Gasteiger charge is -2.08. The number of para-hydroxylation sites is 1. The molecule has 3 nitrogen and oxygen atoms in total. The normalized spacial score (nSPS) is 9.67. The van der Waals surface area contributed by atoms with E-state index in [0.29, 0.717) is 22.8 Å². The number of carbonyl (C=O) groups is 1. The summed E-state index contributed by atoms with van der Waals surface area (Å²) in [4.78, 5) is 12.2. The minimum atomic E-state index is -0.204. The van der Waals surface area contributed by atoms with Crippen molar-refractivity contribution in [1.82, 2.24) is 0 Å². The van der Waals surface area contributed by atoms with E-state index in [9.17, 15) is 4.79 Å². The second-order valence-electron chi connectivity index (χ2n) is 4.47. The van der Waals surface area contributed by atoms with Crippen LogP contribution in [-0.4, -0.2) is 12.5 Å². The first-order valence-corrected chi connectivity index (χ1v) is 6.85. The maximum absolute atomic E-state index is 12.2. The minimum Gasteiger partial charge on any atom is -0.321 e. The summed E-state index contributed by atoms with van der Waals surface area (Å²) in [6, 6.07) is 12.5. The zero-order valence-corrected chi connectivity index (χ0v) is 12.4. The molecular formula is C17H15ClN2O. The molecule has 0 radical (unpaired) electrons. The lowest BCUT2D eigenvalue weighted by atomic mass is 10.0. The number of rotatable bonds is 2. The van der Waals surface area contributed by atoms with Crippen molar-refractivity contribution in [3.8, 4) is 11.8 Å². The van der Waals surface area contributed by atoms with Crippen LogP contribution in [0.4, 0.5) is 5.69 Å². The van der Waals surface area contributed by atoms with Gasteiger partial charge in [0.15, 0.2) is 0 Å². The van der Waals surface area contributed by atoms with Crippen LogP contribution in [0.1, 0.15) is 21.5 Å². The summed E-state index contributed by atoms with van der Waals surface area (Å²) >= 11 is 6.02. The molecule has 0 aliphatic heterocycles. The number of carbonyl (C=O) groups excluding carboxylic acids is 1. The SMILES string of the molecule is Cc1cc(C(=O)Nc2ccccc2Cl)ccc1C#CCN. The van der Waals surface area contributed by atoms with Crippen LogP contribution in [0.2, 0.25) is 5.02 Å². The van der Waals surface area contributed by atoms with E-state index in [1.54, 1.807) is 24.3 Å². The largest absolute Gasteiger partial charge is 0.321 e. The van der Waals surface area contributed by atoms with Gasteiger partial charge in [0.1, 0.15) is 0 Å². The minimum absolute atomic E-state index is 0.204. The van der Waals surface area contributed by atoms with Crippen molar-refractivity contribution in [2.45, 2.75) is 6.92 Å². The molecule has 0 spiro atoms. The van der Waals surface area contributed by atoms with Crippen LogP contribution in [0.5, 0.6) is 0 Å². The molecule has 2 rings (SSSR count). The first-order chi connectivity index (χ1) is 10.1. The molecule has 0 aliphatic rings. The Balaban J connectivity index is 2.21. The Morgan fingerprint density at radius 1 is 1.29 bits per heavy atom. The topological polar surface area (TPSA) is 55.1 Å². The third kappa shape index (κ3) is 3.85. The van der Waals surface area contributed by atoms with Crippen LogP contribution in [0.3, 0.4) is 0 Å². The van der Waals surface area contributed by atoms with Gasteiger partial charge in [0.25, 0.3) is 5.91 Å². The zero-order chi connectivity index (χ0) is 15.2. The molecule has 1 amide bonds. The maximum Gasteiger partial charge on any atom is 0.255 e. The number of aryl methyl sites for hydroxylation is 1. The highest BCUT2D eigenvalue weighted by Crippen LogP contribution is 2.21. The molecule has 106 valence electrons. The Morgan fingerprint density at radius 2 is 2.05 bits per heavy atom. The van der Waals surface area contributed by atoms with E-state index in [0.717, 1.165) is 11.1 Å². The lowest BCUT2D eigenvalue weighted by Crippen LogP contribution is -2.12. The molecule has 0 aromatic heterocycles. The summed E-state index contributed by atoms with van der Waals surface area (Å²) in [6.07, 6.45) is 0. The molecule has 2 aromatic carbocycles. The fraction of sp³-hybridized carbons (Fsp3) is 0.118. The predicted octanol–water partition coefficient (Wildman–Crippen LogP) is 3.21. The summed E-state index contributed by atoms with van der Waals surface area (Å²) in [7, 11) is 0. The first-order valence-electron chi connectivity index (χ1n) is 6.47. The third-order valence-corrected chi connectivity index (χ3v) is 3.27. The molecule has 0 atom stereocenters. The van der Waals surface area contributed by atoms with Crippen LogP contribution < -0.4 is 11.1 Å². The van der Waals surface area contributed by atoms with Gasteiger partial charge >= 0.3 is 0 Å². The molecular weight excluding hydrogens is 284 g/mol. The zero-order valence-electron chi connectivity index (χ0n) is 11.6. The highest BCUT2D eigenvalue weighted by Gasteiger charge is 2.09. The summed E-state index contributed by atoms with van der Waals surface area (Å²) in [5, 5.41) is 3.30. The number of halogens is 1. The van der Waals surface area contributed by atoms with E-state index < -0.39 is 0 Å². The van der Waals surface area contributed by atoms with E-state index in [-0.39, 0.29) is 5.91 Å². The molecule has 3 N–H and O–H groups in total. The van der Waals surface area contributed by atoms with Gasteiger partial charge in [-0.25, -0.2) is 0 Å². The molecule has 0 aliphatic carbocycles. The van der Waals surface area contributed by atoms with E-state index in [1.165, 1.54) is 0 Å². The summed E-state index contributed by atoms with van der Waals surface area (Å²) in [6.45, 7) is 2.22. The highest BCUT2D eigenvalue weighted by molar-refractivity contribution is 6.33. The number of benzene rings is 2. The van der Waals surface area contributed by atoms with E-state index in [1.807, 2.05) is 25.1 Å². The molecule has 2 aromatic rings. The van der Waals surface area contributed by atoms with Crippen molar-refractivity contribution < 1.29 is 4.79 Å². The quantitative estimate of drug-likeness (QED) is 0.837. The molecule has 0 saturated heterocycles. The van der Waals surface area contributed by atoms with Crippen LogP contribution in [0.25, 0.3) is 0 Å². The molecule has 4 heteroatoms. The van der Waals surface area contributed by atoms with Gasteiger partial charge in [0.05, 0.1) is 17.3 Å². The number of amides is 1. The van der Waals surface area contributed by atoms with Gasteiger partial charge in [0, 0.05) is 11.1 Å². The van der Waals surface area contributed by atoms with Gasteiger partial charge in [-0.2, -0.15) is 0 Å². The molecule has 0 saturated carbocycles. The molecule has 0 unspecified atom stereocenters. The average molecular weight is 299 g/mol. The van der Waals surface area contributed by atoms with Crippen molar-refractivity contribution in [1.29, 1.82) is 0 Å². The molecule has 0 fully saturated rings. The van der Waals surface area contributed by atoms with Gasteiger partial charge in [-0.15, -0.1) is 0 Å². The predicted molar refractivity (Wildman–Crippen MR) is 86.5 cm³/mol. The molecule has 0 bridgehead atoms. The Labute approximate surface area is 129 Å². The number of nitrogens with two attached hydrogens (primary N) is 1. The van der Waals surface area contributed by atoms with Crippen molar-refractivity contribution in [3.05, 3.63) is 64.2 Å². The molecule has 21 heavy (non-hydrogen) atoms. The first kappa shape index (κ1) is 15.1. The van der Waals surface area contributed by atoms with Crippen molar-refractivity contribution >= 4 is 23.2 Å². The van der Waals surface area contributed by atoms with Crippen molar-refractivity contribution in [3.63, 3.8) is 0 Å². The standard InChI is InChI=1S/C17H15ClN2O/c1-12-11-14(9-8-13(12)5-4-10-19)17(21)20-16-7-3-2-6-15(16)18/h2-3,6-9,11H,10,19H2,1H3,(H,20,21). The maximum atomic E-state index is 12.2. The smallest absolute Gasteiger partial charge is 0.255 e. The van der Waals surface area contributed by atoms with Gasteiger partial charge in [-0.3, -0.25) is 4.79 Å². The Morgan fingerprint density at radius 3 is 2.71 bits per heavy atom. The van der Waals surface area contributed by atoms with Gasteiger partial charge < -0.3 is 11.1 Å². The van der Waals surface area contributed by atoms with Crippen LogP contribution >= 0.6 is 11.6 Å². The average Bonchev–Trinajstić information content (AvgIpc) is 2.48. The summed E-state index contributed by atoms with van der Waals surface area (Å²) < 4.78 is 0. The van der Waals surface area contributed by atoms with Crippen LogP contribution in [-0.2, 0) is 0 Å². The Bertz CT molecular complexity index is 729. The number of hydrogen-bond acceptors (Lipinski definition) is 2. The number of nitrogens with one attached hydrogen (secondary N) is 1. The highest BCUT2D eigenvalue weighted by atomic mass is 35.5. The van der Waals surface area contributed by atoms with Crippen LogP contribution in [0, 0.1) is 18.8 Å². The second kappa shape index (κ2) is 6.94. The fourth-order valence-corrected chi connectivity index (χ4v) is 2.03. The van der Waals surface area contributed by atoms with E-state index in [4.69, 9.17) is 17.3 Å². The van der Waals surface area contributed by atoms with Gasteiger partial charge in [-0.1, -0.05) is 35.6 Å². The Kier molecular flexibility index (Phi) is 4.99. The monoisotopic (exact) mass is 298 g/mol. The van der Waals surface area contributed by atoms with Crippen molar-refractivity contribution in [2.75, 3.05) is 11.9 Å². The fourth-order valence-electron chi connectivity index (χ4n) is 1.85. The van der Waals surface area contributed by atoms with Crippen LogP contribution in [0.15, 0.2) is 42.5 Å². The summed E-state index contributed by atoms with van der Waals surface area (Å²) in [5.41, 5.74) is 8.31. The second-order valence-corrected chi connectivity index (χ2v) is 4.88. The van der Waals surface area contributed by atoms with Gasteiger partial charge in [0.2, 0.25) is 0 Å². The van der Waals surface area contributed by atoms with E-state index in [2.05, 4.69) is 17.2 Å². The summed E-state index contributed by atoms with van der Waals surface area (Å²) in [5.74, 6) is 5.57. The lowest BCUT2D eigenvalue weighted by molar-refractivity contribution is 0.102. The Hall–Kier alpha value is -2.28. The molecule has 0 heterocycles. The third-order valence-electron chi connectivity index (χ3n) is 2.94. The number of hydrogen-bond donors (Lipinski definition) is 2. The van der Waals surface area contributed by atoms with E-state index >= 15 is 0 Å². The van der Waals surface area contributed by atoms with Gasteiger partial charge in [-0.05, 0) is 42.8 Å².